The fourth-order valence-electron chi connectivity index (χ4n) is 2.23. The summed E-state index contributed by atoms with van der Waals surface area (Å²) in [6.07, 6.45) is 0. The number of para-hydroxylation sites is 1. The minimum atomic E-state index is -3.94. The molecule has 0 radical (unpaired) electrons. The Morgan fingerprint density at radius 2 is 1.71 bits per heavy atom. The lowest BCUT2D eigenvalue weighted by Crippen LogP contribution is -2.33. The van der Waals surface area contributed by atoms with Gasteiger partial charge in [-0.25, -0.2) is 13.1 Å². The first-order valence-corrected chi connectivity index (χ1v) is 8.68. The van der Waals surface area contributed by atoms with Crippen LogP contribution in [0.3, 0.4) is 0 Å². The number of nitrogens with zero attached hydrogens (tertiary/aromatic N) is 1. The van der Waals surface area contributed by atoms with Crippen LogP contribution in [-0.4, -0.2) is 20.9 Å². The molecule has 6 nitrogen and oxygen atoms in total. The van der Waals surface area contributed by atoms with Crippen molar-refractivity contribution in [3.63, 3.8) is 0 Å². The molecule has 0 saturated heterocycles. The van der Waals surface area contributed by atoms with Crippen LogP contribution < -0.4 is 10.0 Å². The number of hydrogen-bond acceptors (Lipinski definition) is 4. The lowest BCUT2D eigenvalue weighted by Gasteiger charge is -2.12. The van der Waals surface area contributed by atoms with Crippen LogP contribution in [0, 0.1) is 25.2 Å². The number of carbonyl (C=O) groups is 1. The minimum Gasteiger partial charge on any atom is -0.324 e. The Morgan fingerprint density at radius 1 is 1.08 bits per heavy atom. The molecule has 7 heteroatoms. The highest BCUT2D eigenvalue weighted by Crippen LogP contribution is 2.19. The van der Waals surface area contributed by atoms with E-state index in [1.165, 1.54) is 18.2 Å². The predicted octanol–water partition coefficient (Wildman–Crippen LogP) is 2.09. The first-order valence-electron chi connectivity index (χ1n) is 7.20. The van der Waals surface area contributed by atoms with Crippen molar-refractivity contribution < 1.29 is 13.2 Å². The number of sulfonamides is 1. The average Bonchev–Trinajstić information content (AvgIpc) is 2.56. The summed E-state index contributed by atoms with van der Waals surface area (Å²) in [5, 5.41) is 11.7. The number of rotatable bonds is 5. The minimum absolute atomic E-state index is 0.0279. The third-order valence-electron chi connectivity index (χ3n) is 3.47. The van der Waals surface area contributed by atoms with Crippen molar-refractivity contribution in [2.45, 2.75) is 18.7 Å². The van der Waals surface area contributed by atoms with Crippen molar-refractivity contribution >= 4 is 21.6 Å². The number of aryl methyl sites for hydroxylation is 2. The molecule has 124 valence electrons. The van der Waals surface area contributed by atoms with E-state index in [0.29, 0.717) is 5.69 Å². The van der Waals surface area contributed by atoms with E-state index in [0.717, 1.165) is 11.1 Å². The summed E-state index contributed by atoms with van der Waals surface area (Å²) < 4.78 is 26.7. The first-order chi connectivity index (χ1) is 11.3. The summed E-state index contributed by atoms with van der Waals surface area (Å²) in [4.78, 5) is 11.9. The van der Waals surface area contributed by atoms with Gasteiger partial charge in [-0.3, -0.25) is 4.79 Å². The molecule has 0 aliphatic rings. The van der Waals surface area contributed by atoms with Crippen molar-refractivity contribution in [1.29, 1.82) is 5.26 Å². The molecule has 2 aromatic rings. The molecule has 0 saturated carbocycles. The van der Waals surface area contributed by atoms with Gasteiger partial charge >= 0.3 is 0 Å². The number of amides is 1. The van der Waals surface area contributed by atoms with Gasteiger partial charge in [0.15, 0.2) is 0 Å². The van der Waals surface area contributed by atoms with Gasteiger partial charge in [0.2, 0.25) is 15.9 Å². The number of anilines is 1. The standard InChI is InChI=1S/C17H17N3O3S/c1-12-6-5-7-13(2)17(12)20-16(21)11-19-24(22,23)15-9-4-3-8-14(15)10-18/h3-9,19H,11H2,1-2H3,(H,20,21). The van der Waals surface area contributed by atoms with Gasteiger partial charge in [-0.15, -0.1) is 0 Å². The van der Waals surface area contributed by atoms with Gasteiger partial charge in [-0.05, 0) is 37.1 Å². The maximum atomic E-state index is 12.3. The Morgan fingerprint density at radius 3 is 2.33 bits per heavy atom. The maximum absolute atomic E-state index is 12.3. The molecule has 0 heterocycles. The summed E-state index contributed by atoms with van der Waals surface area (Å²) in [6, 6.07) is 13.2. The third kappa shape index (κ3) is 3.98. The first kappa shape index (κ1) is 17.7. The van der Waals surface area contributed by atoms with E-state index < -0.39 is 22.5 Å². The molecular formula is C17H17N3O3S. The molecule has 2 aromatic carbocycles. The molecule has 24 heavy (non-hydrogen) atoms. The Bertz CT molecular complexity index is 895. The Hall–Kier alpha value is -2.69. The van der Waals surface area contributed by atoms with E-state index in [-0.39, 0.29) is 10.5 Å². The van der Waals surface area contributed by atoms with Crippen molar-refractivity contribution in [3.05, 3.63) is 59.2 Å². The molecule has 2 N–H and O–H groups in total. The lowest BCUT2D eigenvalue weighted by atomic mass is 10.1. The quantitative estimate of drug-likeness (QED) is 0.868. The largest absolute Gasteiger partial charge is 0.324 e. The fraction of sp³-hybridized carbons (Fsp3) is 0.176. The fourth-order valence-corrected chi connectivity index (χ4v) is 3.36. The predicted molar refractivity (Wildman–Crippen MR) is 90.9 cm³/mol. The van der Waals surface area contributed by atoms with Crippen molar-refractivity contribution in [2.75, 3.05) is 11.9 Å². The number of carbonyl (C=O) groups excluding carboxylic acids is 1. The molecule has 0 fully saturated rings. The Kier molecular flexibility index (Phi) is 5.34. The van der Waals surface area contributed by atoms with Crippen LogP contribution in [0.15, 0.2) is 47.4 Å². The van der Waals surface area contributed by atoms with Gasteiger partial charge in [-0.1, -0.05) is 30.3 Å². The zero-order valence-electron chi connectivity index (χ0n) is 13.3. The summed E-state index contributed by atoms with van der Waals surface area (Å²) in [5.74, 6) is -0.481. The van der Waals surface area contributed by atoms with E-state index in [4.69, 9.17) is 5.26 Å². The summed E-state index contributed by atoms with van der Waals surface area (Å²) in [5.41, 5.74) is 2.47. The van der Waals surface area contributed by atoms with Crippen LogP contribution in [0.4, 0.5) is 5.69 Å². The van der Waals surface area contributed by atoms with Crippen LogP contribution in [0.5, 0.6) is 0 Å². The molecule has 0 aliphatic heterocycles. The summed E-state index contributed by atoms with van der Waals surface area (Å²) in [7, 11) is -3.94. The lowest BCUT2D eigenvalue weighted by molar-refractivity contribution is -0.115. The second-order valence-electron chi connectivity index (χ2n) is 5.25. The van der Waals surface area contributed by atoms with Gasteiger partial charge < -0.3 is 5.32 Å². The molecule has 1 amide bonds. The highest BCUT2D eigenvalue weighted by molar-refractivity contribution is 7.89. The highest BCUT2D eigenvalue weighted by Gasteiger charge is 2.19. The van der Waals surface area contributed by atoms with Gasteiger partial charge in [0.25, 0.3) is 0 Å². The summed E-state index contributed by atoms with van der Waals surface area (Å²) >= 11 is 0. The molecular weight excluding hydrogens is 326 g/mol. The Balaban J connectivity index is 2.10. The van der Waals surface area contributed by atoms with Crippen LogP contribution in [0.1, 0.15) is 16.7 Å². The number of nitriles is 1. The number of hydrogen-bond donors (Lipinski definition) is 2. The van der Waals surface area contributed by atoms with Gasteiger partial charge in [-0.2, -0.15) is 5.26 Å². The van der Waals surface area contributed by atoms with E-state index in [2.05, 4.69) is 10.0 Å². The van der Waals surface area contributed by atoms with E-state index in [1.807, 2.05) is 38.1 Å². The zero-order chi connectivity index (χ0) is 17.7. The Labute approximate surface area is 141 Å². The molecule has 0 aliphatic carbocycles. The molecule has 0 atom stereocenters. The van der Waals surface area contributed by atoms with Crippen LogP contribution in [-0.2, 0) is 14.8 Å². The van der Waals surface area contributed by atoms with Crippen LogP contribution >= 0.6 is 0 Å². The van der Waals surface area contributed by atoms with Gasteiger partial charge in [0.1, 0.15) is 6.07 Å². The zero-order valence-corrected chi connectivity index (χ0v) is 14.1. The van der Waals surface area contributed by atoms with E-state index >= 15 is 0 Å². The average molecular weight is 343 g/mol. The second-order valence-corrected chi connectivity index (χ2v) is 6.98. The van der Waals surface area contributed by atoms with Crippen molar-refractivity contribution in [1.82, 2.24) is 4.72 Å². The number of benzene rings is 2. The van der Waals surface area contributed by atoms with Gasteiger partial charge in [0, 0.05) is 5.69 Å². The SMILES string of the molecule is Cc1cccc(C)c1NC(=O)CNS(=O)(=O)c1ccccc1C#N. The second kappa shape index (κ2) is 7.25. The molecule has 0 unspecified atom stereocenters. The van der Waals surface area contributed by atoms with Crippen LogP contribution in [0.25, 0.3) is 0 Å². The van der Waals surface area contributed by atoms with Crippen molar-refractivity contribution in [2.24, 2.45) is 0 Å². The summed E-state index contributed by atoms with van der Waals surface area (Å²) in [6.45, 7) is 3.29. The molecule has 0 aromatic heterocycles. The molecule has 2 rings (SSSR count). The molecule has 0 bridgehead atoms. The third-order valence-corrected chi connectivity index (χ3v) is 4.92. The van der Waals surface area contributed by atoms with E-state index in [1.54, 1.807) is 6.07 Å². The van der Waals surface area contributed by atoms with Crippen molar-refractivity contribution in [3.8, 4) is 6.07 Å². The molecule has 0 spiro atoms. The highest BCUT2D eigenvalue weighted by atomic mass is 32.2. The normalized spacial score (nSPS) is 10.9. The monoisotopic (exact) mass is 343 g/mol. The van der Waals surface area contributed by atoms with E-state index in [9.17, 15) is 13.2 Å². The van der Waals surface area contributed by atoms with Crippen LogP contribution in [0.2, 0.25) is 0 Å². The topological polar surface area (TPSA) is 99.1 Å². The smallest absolute Gasteiger partial charge is 0.242 e. The number of nitrogens with one attached hydrogen (secondary N) is 2. The maximum Gasteiger partial charge on any atom is 0.242 e. The van der Waals surface area contributed by atoms with Gasteiger partial charge in [0.05, 0.1) is 17.0 Å².